The summed E-state index contributed by atoms with van der Waals surface area (Å²) in [6, 6.07) is 7.77. The molecule has 0 saturated heterocycles. The molecule has 0 aliphatic carbocycles. The third-order valence-electron chi connectivity index (χ3n) is 2.25. The lowest BCUT2D eigenvalue weighted by Crippen LogP contribution is -1.86. The summed E-state index contributed by atoms with van der Waals surface area (Å²) in [7, 11) is 0. The fourth-order valence-electron chi connectivity index (χ4n) is 1.37. The van der Waals surface area contributed by atoms with Gasteiger partial charge in [0, 0.05) is 24.2 Å². The molecule has 0 amide bonds. The fourth-order valence-corrected chi connectivity index (χ4v) is 2.16. The molecular weight excluding hydrogens is 248 g/mol. The van der Waals surface area contributed by atoms with Crippen molar-refractivity contribution in [1.29, 1.82) is 0 Å². The third-order valence-corrected chi connectivity index (χ3v) is 3.22. The molecule has 2 N–H and O–H groups in total. The summed E-state index contributed by atoms with van der Waals surface area (Å²) in [5.41, 5.74) is 2.05. The number of benzene rings is 1. The van der Waals surface area contributed by atoms with Gasteiger partial charge in [-0.3, -0.25) is 0 Å². The van der Waals surface area contributed by atoms with Crippen LogP contribution in [0.2, 0.25) is 0 Å². The number of aromatic amines is 1. The van der Waals surface area contributed by atoms with Crippen LogP contribution in [0.4, 0.5) is 0 Å². The van der Waals surface area contributed by atoms with Gasteiger partial charge in [-0.15, -0.1) is 0 Å². The minimum Gasteiger partial charge on any atom is -0.478 e. The summed E-state index contributed by atoms with van der Waals surface area (Å²) >= 11 is 1.63. The van der Waals surface area contributed by atoms with Gasteiger partial charge in [0.1, 0.15) is 0 Å². The van der Waals surface area contributed by atoms with Crippen molar-refractivity contribution in [2.45, 2.75) is 10.9 Å². The van der Waals surface area contributed by atoms with Crippen LogP contribution in [0.1, 0.15) is 11.1 Å². The van der Waals surface area contributed by atoms with Gasteiger partial charge < -0.3 is 10.1 Å². The Morgan fingerprint density at radius 2 is 2.17 bits per heavy atom. The van der Waals surface area contributed by atoms with E-state index in [1.54, 1.807) is 30.2 Å². The highest BCUT2D eigenvalue weighted by Crippen LogP contribution is 2.19. The van der Waals surface area contributed by atoms with Crippen molar-refractivity contribution >= 4 is 23.8 Å². The molecule has 0 bridgehead atoms. The largest absolute Gasteiger partial charge is 0.478 e. The van der Waals surface area contributed by atoms with Crippen molar-refractivity contribution < 1.29 is 9.90 Å². The Morgan fingerprint density at radius 3 is 2.78 bits per heavy atom. The maximum atomic E-state index is 10.4. The van der Waals surface area contributed by atoms with E-state index in [1.165, 1.54) is 5.56 Å². The average molecular weight is 260 g/mol. The number of H-pyrrole nitrogens is 1. The lowest BCUT2D eigenvalue weighted by atomic mass is 10.1. The first-order chi connectivity index (χ1) is 8.74. The lowest BCUT2D eigenvalue weighted by Gasteiger charge is -2.00. The zero-order valence-corrected chi connectivity index (χ0v) is 10.4. The van der Waals surface area contributed by atoms with E-state index < -0.39 is 5.97 Å². The first-order valence-corrected chi connectivity index (χ1v) is 6.35. The molecule has 0 fully saturated rings. The van der Waals surface area contributed by atoms with Gasteiger partial charge in [-0.25, -0.2) is 9.78 Å². The lowest BCUT2D eigenvalue weighted by molar-refractivity contribution is -0.131. The number of thioether (sulfide) groups is 1. The van der Waals surface area contributed by atoms with Gasteiger partial charge in [-0.05, 0) is 17.2 Å². The number of carboxylic acid groups (broad SMARTS) is 1. The zero-order chi connectivity index (χ0) is 12.8. The molecule has 0 spiro atoms. The number of aliphatic carboxylic acids is 1. The molecule has 1 heterocycles. The molecule has 18 heavy (non-hydrogen) atoms. The van der Waals surface area contributed by atoms with Gasteiger partial charge in [0.2, 0.25) is 0 Å². The molecule has 92 valence electrons. The van der Waals surface area contributed by atoms with E-state index in [0.717, 1.165) is 22.5 Å². The van der Waals surface area contributed by atoms with Gasteiger partial charge in [0.05, 0.1) is 0 Å². The molecule has 0 atom stereocenters. The van der Waals surface area contributed by atoms with Crippen molar-refractivity contribution in [3.63, 3.8) is 0 Å². The molecule has 0 aliphatic rings. The van der Waals surface area contributed by atoms with E-state index >= 15 is 0 Å². The van der Waals surface area contributed by atoms with Crippen LogP contribution in [0, 0.1) is 0 Å². The monoisotopic (exact) mass is 260 g/mol. The number of nitrogens with one attached hydrogen (secondary N) is 1. The molecule has 5 heteroatoms. The van der Waals surface area contributed by atoms with E-state index in [9.17, 15) is 4.79 Å². The normalized spacial score (nSPS) is 10.9. The Kier molecular flexibility index (Phi) is 4.20. The molecule has 1 aromatic carbocycles. The van der Waals surface area contributed by atoms with Crippen LogP contribution < -0.4 is 0 Å². The van der Waals surface area contributed by atoms with Crippen LogP contribution >= 0.6 is 11.8 Å². The van der Waals surface area contributed by atoms with Crippen molar-refractivity contribution in [3.05, 3.63) is 53.9 Å². The SMILES string of the molecule is O=C(O)/C=C/c1ccc(CSc2ncc[nH]2)cc1. The van der Waals surface area contributed by atoms with E-state index in [4.69, 9.17) is 5.11 Å². The fraction of sp³-hybridized carbons (Fsp3) is 0.0769. The Labute approximate surface area is 109 Å². The molecule has 0 saturated carbocycles. The minimum atomic E-state index is -0.938. The Bertz CT molecular complexity index is 533. The topological polar surface area (TPSA) is 66.0 Å². The molecule has 4 nitrogen and oxygen atoms in total. The predicted octanol–water partition coefficient (Wildman–Crippen LogP) is 2.80. The molecule has 0 aliphatic heterocycles. The van der Waals surface area contributed by atoms with Crippen molar-refractivity contribution in [3.8, 4) is 0 Å². The molecule has 2 aromatic rings. The molecule has 0 radical (unpaired) electrons. The minimum absolute atomic E-state index is 0.830. The first kappa shape index (κ1) is 12.4. The van der Waals surface area contributed by atoms with Gasteiger partial charge in [-0.1, -0.05) is 36.0 Å². The number of rotatable bonds is 5. The van der Waals surface area contributed by atoms with Crippen LogP contribution in [0.25, 0.3) is 6.08 Å². The highest BCUT2D eigenvalue weighted by molar-refractivity contribution is 7.98. The number of hydrogen-bond donors (Lipinski definition) is 2. The van der Waals surface area contributed by atoms with Gasteiger partial charge in [-0.2, -0.15) is 0 Å². The number of carbonyl (C=O) groups is 1. The Balaban J connectivity index is 1.93. The van der Waals surface area contributed by atoms with Crippen LogP contribution in [-0.4, -0.2) is 21.0 Å². The Hall–Kier alpha value is -2.01. The quantitative estimate of drug-likeness (QED) is 0.641. The van der Waals surface area contributed by atoms with Crippen molar-refractivity contribution in [2.75, 3.05) is 0 Å². The predicted molar refractivity (Wildman–Crippen MR) is 71.3 cm³/mol. The first-order valence-electron chi connectivity index (χ1n) is 5.36. The number of aromatic nitrogens is 2. The zero-order valence-electron chi connectivity index (χ0n) is 9.54. The van der Waals surface area contributed by atoms with Gasteiger partial charge in [0.15, 0.2) is 5.16 Å². The van der Waals surface area contributed by atoms with Crippen LogP contribution in [0.3, 0.4) is 0 Å². The summed E-state index contributed by atoms with van der Waals surface area (Å²) in [5, 5.41) is 9.41. The van der Waals surface area contributed by atoms with Gasteiger partial charge in [0.25, 0.3) is 0 Å². The number of carboxylic acids is 1. The average Bonchev–Trinajstić information content (AvgIpc) is 2.88. The highest BCUT2D eigenvalue weighted by atomic mass is 32.2. The highest BCUT2D eigenvalue weighted by Gasteiger charge is 1.98. The number of nitrogens with zero attached hydrogens (tertiary/aromatic N) is 1. The molecule has 2 rings (SSSR count). The maximum Gasteiger partial charge on any atom is 0.328 e. The Morgan fingerprint density at radius 1 is 1.39 bits per heavy atom. The van der Waals surface area contributed by atoms with Crippen molar-refractivity contribution in [1.82, 2.24) is 9.97 Å². The van der Waals surface area contributed by atoms with Crippen LogP contribution in [-0.2, 0) is 10.5 Å². The molecule has 1 aromatic heterocycles. The second-order valence-corrected chi connectivity index (χ2v) is 4.56. The van der Waals surface area contributed by atoms with E-state index in [2.05, 4.69) is 9.97 Å². The number of hydrogen-bond acceptors (Lipinski definition) is 3. The van der Waals surface area contributed by atoms with E-state index in [0.29, 0.717) is 0 Å². The van der Waals surface area contributed by atoms with Crippen LogP contribution in [0.15, 0.2) is 47.9 Å². The number of imidazole rings is 1. The summed E-state index contributed by atoms with van der Waals surface area (Å²) in [4.78, 5) is 17.5. The molecule has 0 unspecified atom stereocenters. The van der Waals surface area contributed by atoms with E-state index in [-0.39, 0.29) is 0 Å². The van der Waals surface area contributed by atoms with Crippen LogP contribution in [0.5, 0.6) is 0 Å². The second-order valence-electron chi connectivity index (χ2n) is 3.60. The summed E-state index contributed by atoms with van der Waals surface area (Å²) < 4.78 is 0. The van der Waals surface area contributed by atoms with Crippen molar-refractivity contribution in [2.24, 2.45) is 0 Å². The summed E-state index contributed by atoms with van der Waals surface area (Å²) in [5.74, 6) is -0.108. The summed E-state index contributed by atoms with van der Waals surface area (Å²) in [6.07, 6.45) is 6.22. The van der Waals surface area contributed by atoms with Gasteiger partial charge >= 0.3 is 5.97 Å². The van der Waals surface area contributed by atoms with E-state index in [1.807, 2.05) is 24.3 Å². The second kappa shape index (κ2) is 6.07. The smallest absolute Gasteiger partial charge is 0.328 e. The summed E-state index contributed by atoms with van der Waals surface area (Å²) in [6.45, 7) is 0. The standard InChI is InChI=1S/C13H12N2O2S/c16-12(17)6-5-10-1-3-11(4-2-10)9-18-13-14-7-8-15-13/h1-8H,9H2,(H,14,15)(H,16,17)/b6-5+. The maximum absolute atomic E-state index is 10.4. The third kappa shape index (κ3) is 3.78. The molecular formula is C13H12N2O2S.